The van der Waals surface area contributed by atoms with Gasteiger partial charge in [-0.3, -0.25) is 5.84 Å². The van der Waals surface area contributed by atoms with Crippen LogP contribution in [0.25, 0.3) is 0 Å². The van der Waals surface area contributed by atoms with Gasteiger partial charge in [0.05, 0.1) is 13.2 Å². The van der Waals surface area contributed by atoms with Gasteiger partial charge in [-0.05, 0) is 41.7 Å². The van der Waals surface area contributed by atoms with E-state index in [2.05, 4.69) is 48.7 Å². The second-order valence-electron chi connectivity index (χ2n) is 4.92. The number of nitrogens with one attached hydrogen (secondary N) is 1. The summed E-state index contributed by atoms with van der Waals surface area (Å²) in [6.07, 6.45) is 1.04. The van der Waals surface area contributed by atoms with Crippen LogP contribution < -0.4 is 16.0 Å². The fraction of sp³-hybridized carbons (Fsp3) is 0.294. The summed E-state index contributed by atoms with van der Waals surface area (Å²) < 4.78 is 5.38. The second kappa shape index (κ2) is 6.55. The Labute approximate surface area is 120 Å². The van der Waals surface area contributed by atoms with Crippen LogP contribution in [0.5, 0.6) is 5.75 Å². The van der Waals surface area contributed by atoms with Gasteiger partial charge < -0.3 is 4.74 Å². The van der Waals surface area contributed by atoms with Crippen molar-refractivity contribution in [1.82, 2.24) is 5.43 Å². The minimum atomic E-state index is -0.0320. The van der Waals surface area contributed by atoms with Crippen LogP contribution in [0.15, 0.2) is 42.5 Å². The molecular weight excluding hydrogens is 248 g/mol. The molecule has 0 amide bonds. The summed E-state index contributed by atoms with van der Waals surface area (Å²) in [5.41, 5.74) is 7.58. The summed E-state index contributed by atoms with van der Waals surface area (Å²) in [6, 6.07) is 14.7. The molecule has 0 aromatic heterocycles. The molecule has 3 nitrogen and oxygen atoms in total. The van der Waals surface area contributed by atoms with Crippen molar-refractivity contribution in [3.05, 3.63) is 64.7 Å². The molecule has 0 aliphatic rings. The monoisotopic (exact) mass is 270 g/mol. The maximum absolute atomic E-state index is 5.75. The molecule has 0 radical (unpaired) electrons. The highest BCUT2D eigenvalue weighted by molar-refractivity contribution is 5.41. The van der Waals surface area contributed by atoms with E-state index >= 15 is 0 Å². The SMILES string of the molecule is CCc1ccc(C(NN)c2ccc(C)c(OC)c2)cc1. The Kier molecular flexibility index (Phi) is 4.77. The summed E-state index contributed by atoms with van der Waals surface area (Å²) in [5.74, 6) is 6.63. The van der Waals surface area contributed by atoms with Gasteiger partial charge in [-0.2, -0.15) is 0 Å². The highest BCUT2D eigenvalue weighted by atomic mass is 16.5. The summed E-state index contributed by atoms with van der Waals surface area (Å²) in [5, 5.41) is 0. The minimum absolute atomic E-state index is 0.0320. The lowest BCUT2D eigenvalue weighted by Crippen LogP contribution is -2.28. The first kappa shape index (κ1) is 14.6. The molecule has 106 valence electrons. The zero-order valence-electron chi connectivity index (χ0n) is 12.3. The number of rotatable bonds is 5. The molecule has 0 heterocycles. The zero-order valence-corrected chi connectivity index (χ0v) is 12.3. The highest BCUT2D eigenvalue weighted by Gasteiger charge is 2.13. The van der Waals surface area contributed by atoms with Gasteiger partial charge in [0.15, 0.2) is 0 Å². The zero-order chi connectivity index (χ0) is 14.5. The van der Waals surface area contributed by atoms with Crippen molar-refractivity contribution in [1.29, 1.82) is 0 Å². The third-order valence-corrected chi connectivity index (χ3v) is 3.65. The Morgan fingerprint density at radius 1 is 1.10 bits per heavy atom. The van der Waals surface area contributed by atoms with Crippen LogP contribution in [0.1, 0.15) is 35.2 Å². The lowest BCUT2D eigenvalue weighted by atomic mass is 9.97. The lowest BCUT2D eigenvalue weighted by molar-refractivity contribution is 0.410. The Morgan fingerprint density at radius 3 is 2.30 bits per heavy atom. The van der Waals surface area contributed by atoms with E-state index in [0.717, 1.165) is 28.9 Å². The molecule has 0 saturated carbocycles. The van der Waals surface area contributed by atoms with Crippen LogP contribution in [0.2, 0.25) is 0 Å². The molecule has 0 spiro atoms. The van der Waals surface area contributed by atoms with E-state index in [4.69, 9.17) is 10.6 Å². The summed E-state index contributed by atoms with van der Waals surface area (Å²) in [6.45, 7) is 4.18. The number of methoxy groups -OCH3 is 1. The number of hydrogen-bond donors (Lipinski definition) is 2. The van der Waals surface area contributed by atoms with Crippen molar-refractivity contribution in [2.24, 2.45) is 5.84 Å². The fourth-order valence-electron chi connectivity index (χ4n) is 2.35. The van der Waals surface area contributed by atoms with E-state index in [0.29, 0.717) is 0 Å². The highest BCUT2D eigenvalue weighted by Crippen LogP contribution is 2.27. The van der Waals surface area contributed by atoms with Crippen LogP contribution in [0.4, 0.5) is 0 Å². The van der Waals surface area contributed by atoms with Gasteiger partial charge in [0.1, 0.15) is 5.75 Å². The number of nitrogens with two attached hydrogens (primary N) is 1. The molecule has 1 unspecified atom stereocenters. The van der Waals surface area contributed by atoms with Gasteiger partial charge in [0.2, 0.25) is 0 Å². The number of benzene rings is 2. The smallest absolute Gasteiger partial charge is 0.122 e. The van der Waals surface area contributed by atoms with Gasteiger partial charge in [0, 0.05) is 0 Å². The molecule has 2 rings (SSSR count). The Bertz CT molecular complexity index is 564. The van der Waals surface area contributed by atoms with Crippen molar-refractivity contribution >= 4 is 0 Å². The number of hydrogen-bond acceptors (Lipinski definition) is 3. The molecule has 0 aliphatic heterocycles. The summed E-state index contributed by atoms with van der Waals surface area (Å²) in [4.78, 5) is 0. The predicted octanol–water partition coefficient (Wildman–Crippen LogP) is 3.12. The number of hydrazine groups is 1. The molecule has 3 heteroatoms. The van der Waals surface area contributed by atoms with E-state index in [1.54, 1.807) is 7.11 Å². The Hall–Kier alpha value is -1.84. The maximum Gasteiger partial charge on any atom is 0.122 e. The fourth-order valence-corrected chi connectivity index (χ4v) is 2.35. The topological polar surface area (TPSA) is 47.3 Å². The predicted molar refractivity (Wildman–Crippen MR) is 82.7 cm³/mol. The first-order valence-corrected chi connectivity index (χ1v) is 6.89. The van der Waals surface area contributed by atoms with Crippen LogP contribution >= 0.6 is 0 Å². The average Bonchev–Trinajstić information content (AvgIpc) is 2.50. The van der Waals surface area contributed by atoms with Crippen molar-refractivity contribution in [2.45, 2.75) is 26.3 Å². The van der Waals surface area contributed by atoms with Gasteiger partial charge in [-0.1, -0.05) is 43.3 Å². The number of aryl methyl sites for hydroxylation is 2. The quantitative estimate of drug-likeness (QED) is 0.648. The standard InChI is InChI=1S/C17H22N2O/c1-4-13-6-9-14(10-7-13)17(19-18)15-8-5-12(2)16(11-15)20-3/h5-11,17,19H,4,18H2,1-3H3. The molecule has 0 bridgehead atoms. The van der Waals surface area contributed by atoms with E-state index < -0.39 is 0 Å². The second-order valence-corrected chi connectivity index (χ2v) is 4.92. The molecule has 0 saturated heterocycles. The van der Waals surface area contributed by atoms with Crippen molar-refractivity contribution in [3.8, 4) is 5.75 Å². The molecule has 2 aromatic rings. The maximum atomic E-state index is 5.75. The van der Waals surface area contributed by atoms with Gasteiger partial charge in [-0.15, -0.1) is 0 Å². The first-order chi connectivity index (χ1) is 9.69. The molecule has 3 N–H and O–H groups in total. The third-order valence-electron chi connectivity index (χ3n) is 3.65. The van der Waals surface area contributed by atoms with E-state index in [9.17, 15) is 0 Å². The van der Waals surface area contributed by atoms with Gasteiger partial charge in [-0.25, -0.2) is 5.43 Å². The molecule has 20 heavy (non-hydrogen) atoms. The van der Waals surface area contributed by atoms with E-state index in [1.807, 2.05) is 13.0 Å². The Balaban J connectivity index is 2.35. The average molecular weight is 270 g/mol. The van der Waals surface area contributed by atoms with Crippen LogP contribution in [-0.2, 0) is 6.42 Å². The largest absolute Gasteiger partial charge is 0.496 e. The molecule has 2 aromatic carbocycles. The van der Waals surface area contributed by atoms with Crippen molar-refractivity contribution in [3.63, 3.8) is 0 Å². The molecular formula is C17H22N2O. The van der Waals surface area contributed by atoms with Gasteiger partial charge in [0.25, 0.3) is 0 Å². The van der Waals surface area contributed by atoms with Crippen LogP contribution in [0, 0.1) is 6.92 Å². The Morgan fingerprint density at radius 2 is 1.75 bits per heavy atom. The summed E-state index contributed by atoms with van der Waals surface area (Å²) in [7, 11) is 1.69. The first-order valence-electron chi connectivity index (χ1n) is 6.89. The van der Waals surface area contributed by atoms with Gasteiger partial charge >= 0.3 is 0 Å². The van der Waals surface area contributed by atoms with Crippen LogP contribution in [0.3, 0.4) is 0 Å². The third kappa shape index (κ3) is 3.00. The van der Waals surface area contributed by atoms with Crippen LogP contribution in [-0.4, -0.2) is 7.11 Å². The minimum Gasteiger partial charge on any atom is -0.496 e. The molecule has 1 atom stereocenters. The van der Waals surface area contributed by atoms with Crippen molar-refractivity contribution < 1.29 is 4.74 Å². The van der Waals surface area contributed by atoms with E-state index in [1.165, 1.54) is 5.56 Å². The lowest BCUT2D eigenvalue weighted by Gasteiger charge is -2.18. The van der Waals surface area contributed by atoms with E-state index in [-0.39, 0.29) is 6.04 Å². The normalized spacial score (nSPS) is 12.2. The number of ether oxygens (including phenoxy) is 1. The molecule has 0 aliphatic carbocycles. The molecule has 0 fully saturated rings. The summed E-state index contributed by atoms with van der Waals surface area (Å²) >= 11 is 0. The van der Waals surface area contributed by atoms with Crippen molar-refractivity contribution in [2.75, 3.05) is 7.11 Å².